The molecule has 0 spiro atoms. The van der Waals surface area contributed by atoms with Crippen molar-refractivity contribution in [3.05, 3.63) is 35.1 Å². The molecule has 1 aromatic carbocycles. The first-order valence-corrected chi connectivity index (χ1v) is 8.15. The highest BCUT2D eigenvalue weighted by atomic mass is 19.2. The maximum Gasteiger partial charge on any atom is 0.323 e. The molecule has 0 atom stereocenters. The van der Waals surface area contributed by atoms with Crippen LogP contribution in [0.5, 0.6) is 0 Å². The van der Waals surface area contributed by atoms with Crippen LogP contribution in [0, 0.1) is 28.8 Å². The summed E-state index contributed by atoms with van der Waals surface area (Å²) in [4.78, 5) is 24.8. The fourth-order valence-corrected chi connectivity index (χ4v) is 2.25. The van der Waals surface area contributed by atoms with Gasteiger partial charge in [0, 0.05) is 11.6 Å². The molecule has 7 heteroatoms. The van der Waals surface area contributed by atoms with Gasteiger partial charge in [-0.15, -0.1) is 0 Å². The Morgan fingerprint density at radius 1 is 0.960 bits per heavy atom. The van der Waals surface area contributed by atoms with Crippen LogP contribution in [0.2, 0.25) is 0 Å². The summed E-state index contributed by atoms with van der Waals surface area (Å²) >= 11 is 0. The van der Waals surface area contributed by atoms with Crippen molar-refractivity contribution in [3.8, 4) is 0 Å². The van der Waals surface area contributed by atoms with E-state index >= 15 is 0 Å². The number of halogens is 3. The van der Waals surface area contributed by atoms with E-state index in [9.17, 15) is 22.8 Å². The highest BCUT2D eigenvalue weighted by Gasteiger charge is 2.46. The first kappa shape index (κ1) is 21.0. The molecule has 0 radical (unpaired) electrons. The van der Waals surface area contributed by atoms with Gasteiger partial charge in [-0.05, 0) is 24.8 Å². The summed E-state index contributed by atoms with van der Waals surface area (Å²) in [5.74, 6) is -5.10. The molecule has 0 aromatic heterocycles. The van der Waals surface area contributed by atoms with Crippen LogP contribution in [0.3, 0.4) is 0 Å². The van der Waals surface area contributed by atoms with Crippen LogP contribution in [0.25, 0.3) is 0 Å². The number of ether oxygens (including phenoxy) is 2. The molecule has 0 N–H and O–H groups in total. The Balaban J connectivity index is 2.90. The van der Waals surface area contributed by atoms with Gasteiger partial charge in [-0.1, -0.05) is 27.7 Å². The van der Waals surface area contributed by atoms with Crippen molar-refractivity contribution < 1.29 is 32.2 Å². The Morgan fingerprint density at radius 2 is 1.48 bits per heavy atom. The van der Waals surface area contributed by atoms with E-state index in [4.69, 9.17) is 9.47 Å². The van der Waals surface area contributed by atoms with E-state index in [0.29, 0.717) is 12.1 Å². The largest absolute Gasteiger partial charge is 0.465 e. The number of rotatable bonds is 8. The minimum Gasteiger partial charge on any atom is -0.465 e. The van der Waals surface area contributed by atoms with E-state index < -0.39 is 41.4 Å². The highest BCUT2D eigenvalue weighted by Crippen LogP contribution is 2.31. The van der Waals surface area contributed by atoms with Crippen molar-refractivity contribution in [2.24, 2.45) is 11.3 Å². The van der Waals surface area contributed by atoms with E-state index in [1.807, 2.05) is 13.8 Å². The van der Waals surface area contributed by atoms with Gasteiger partial charge in [0.15, 0.2) is 17.0 Å². The monoisotopic (exact) mass is 360 g/mol. The SMILES string of the molecule is CCC(CC)(C(=O)OCc1cc(F)c(F)cc1F)C(=O)OCC(C)C. The third-order valence-corrected chi connectivity index (χ3v) is 3.98. The second-order valence-electron chi connectivity index (χ2n) is 6.22. The van der Waals surface area contributed by atoms with Crippen LogP contribution < -0.4 is 0 Å². The van der Waals surface area contributed by atoms with Gasteiger partial charge >= 0.3 is 11.9 Å². The molecule has 0 fully saturated rings. The third-order valence-electron chi connectivity index (χ3n) is 3.98. The van der Waals surface area contributed by atoms with Crippen molar-refractivity contribution in [3.63, 3.8) is 0 Å². The zero-order chi connectivity index (χ0) is 19.2. The maximum atomic E-state index is 13.6. The molecule has 0 aliphatic heterocycles. The van der Waals surface area contributed by atoms with Crippen molar-refractivity contribution in [1.29, 1.82) is 0 Å². The minimum atomic E-state index is -1.51. The summed E-state index contributed by atoms with van der Waals surface area (Å²) in [6, 6.07) is 0.997. The highest BCUT2D eigenvalue weighted by molar-refractivity contribution is 6.00. The summed E-state index contributed by atoms with van der Waals surface area (Å²) in [6.45, 7) is 6.54. The second-order valence-corrected chi connectivity index (χ2v) is 6.22. The van der Waals surface area contributed by atoms with Crippen molar-refractivity contribution >= 4 is 11.9 Å². The Bertz CT molecular complexity index is 625. The van der Waals surface area contributed by atoms with Crippen LogP contribution in [-0.4, -0.2) is 18.5 Å². The molecular weight excluding hydrogens is 337 g/mol. The Kier molecular flexibility index (Phi) is 7.45. The van der Waals surface area contributed by atoms with Gasteiger partial charge in [0.25, 0.3) is 0 Å². The topological polar surface area (TPSA) is 52.6 Å². The van der Waals surface area contributed by atoms with E-state index in [1.165, 1.54) is 0 Å². The smallest absolute Gasteiger partial charge is 0.323 e. The van der Waals surface area contributed by atoms with Crippen molar-refractivity contribution in [2.45, 2.75) is 47.1 Å². The van der Waals surface area contributed by atoms with Crippen molar-refractivity contribution in [1.82, 2.24) is 0 Å². The summed E-state index contributed by atoms with van der Waals surface area (Å²) in [5, 5.41) is 0. The van der Waals surface area contributed by atoms with Gasteiger partial charge in [0.05, 0.1) is 6.61 Å². The van der Waals surface area contributed by atoms with Gasteiger partial charge < -0.3 is 9.47 Å². The molecule has 0 bridgehead atoms. The van der Waals surface area contributed by atoms with Crippen LogP contribution in [0.1, 0.15) is 46.1 Å². The molecule has 1 aromatic rings. The molecule has 0 saturated carbocycles. The maximum absolute atomic E-state index is 13.6. The average molecular weight is 360 g/mol. The van der Waals surface area contributed by atoms with E-state index in [1.54, 1.807) is 13.8 Å². The summed E-state index contributed by atoms with van der Waals surface area (Å²) < 4.78 is 49.9. The van der Waals surface area contributed by atoms with E-state index in [2.05, 4.69) is 0 Å². The van der Waals surface area contributed by atoms with Crippen LogP contribution in [0.4, 0.5) is 13.2 Å². The third kappa shape index (κ3) is 4.96. The first-order chi connectivity index (χ1) is 11.7. The molecule has 0 unspecified atom stereocenters. The molecule has 0 saturated heterocycles. The number of carbonyl (C=O) groups is 2. The predicted octanol–water partition coefficient (Wildman–Crippen LogP) is 4.15. The number of carbonyl (C=O) groups excluding carboxylic acids is 2. The quantitative estimate of drug-likeness (QED) is 0.397. The van der Waals surface area contributed by atoms with E-state index in [0.717, 1.165) is 0 Å². The zero-order valence-corrected chi connectivity index (χ0v) is 14.8. The number of hydrogen-bond acceptors (Lipinski definition) is 4. The lowest BCUT2D eigenvalue weighted by atomic mass is 9.82. The van der Waals surface area contributed by atoms with Crippen molar-refractivity contribution in [2.75, 3.05) is 6.61 Å². The summed E-state index contributed by atoms with van der Waals surface area (Å²) in [5.41, 5.74) is -1.83. The lowest BCUT2D eigenvalue weighted by Crippen LogP contribution is -2.41. The molecule has 0 heterocycles. The normalized spacial score (nSPS) is 11.5. The van der Waals surface area contributed by atoms with E-state index in [-0.39, 0.29) is 30.9 Å². The molecule has 0 amide bonds. The Morgan fingerprint density at radius 3 is 2.00 bits per heavy atom. The summed E-state index contributed by atoms with van der Waals surface area (Å²) in [7, 11) is 0. The molecule has 1 rings (SSSR count). The lowest BCUT2D eigenvalue weighted by Gasteiger charge is -2.27. The van der Waals surface area contributed by atoms with Gasteiger partial charge in [-0.2, -0.15) is 0 Å². The van der Waals surface area contributed by atoms with Gasteiger partial charge in [-0.25, -0.2) is 13.2 Å². The number of esters is 2. The second kappa shape index (κ2) is 8.87. The predicted molar refractivity (Wildman–Crippen MR) is 84.9 cm³/mol. The summed E-state index contributed by atoms with van der Waals surface area (Å²) in [6.07, 6.45) is 0.277. The molecule has 25 heavy (non-hydrogen) atoms. The zero-order valence-electron chi connectivity index (χ0n) is 14.8. The fraction of sp³-hybridized carbons (Fsp3) is 0.556. The number of hydrogen-bond donors (Lipinski definition) is 0. The molecule has 4 nitrogen and oxygen atoms in total. The fourth-order valence-electron chi connectivity index (χ4n) is 2.25. The lowest BCUT2D eigenvalue weighted by molar-refractivity contribution is -0.174. The van der Waals surface area contributed by atoms with Gasteiger partial charge in [-0.3, -0.25) is 9.59 Å². The minimum absolute atomic E-state index is 0.0997. The Labute approximate surface area is 145 Å². The first-order valence-electron chi connectivity index (χ1n) is 8.15. The van der Waals surface area contributed by atoms with Gasteiger partial charge in [0.1, 0.15) is 12.4 Å². The van der Waals surface area contributed by atoms with Crippen LogP contribution in [0.15, 0.2) is 12.1 Å². The standard InChI is InChI=1S/C18H23F3O4/c1-5-18(6-2,16(22)24-9-11(3)4)17(23)25-10-12-7-14(20)15(21)8-13(12)19/h7-8,11H,5-6,9-10H2,1-4H3. The van der Waals surface area contributed by atoms with Crippen LogP contribution in [-0.2, 0) is 25.7 Å². The number of benzene rings is 1. The molecule has 0 aliphatic carbocycles. The van der Waals surface area contributed by atoms with Gasteiger partial charge in [0.2, 0.25) is 0 Å². The molecule has 140 valence electrons. The van der Waals surface area contributed by atoms with Crippen LogP contribution >= 0.6 is 0 Å². The molecular formula is C18H23F3O4. The Hall–Kier alpha value is -2.05. The molecule has 0 aliphatic rings. The average Bonchev–Trinajstić information content (AvgIpc) is 2.56.